The first kappa shape index (κ1) is 28.5. The van der Waals surface area contributed by atoms with Crippen LogP contribution in [-0.2, 0) is 22.6 Å². The SMILES string of the molecule is CCOCCC1(CNC(=NC)NCc2ccc(CN(C)C(=O)OC(C)(C)C)cc2)CC1.I. The third-order valence-electron chi connectivity index (χ3n) is 5.40. The van der Waals surface area contributed by atoms with E-state index in [0.29, 0.717) is 18.5 Å². The number of aliphatic imine (C=N–C) groups is 1. The summed E-state index contributed by atoms with van der Waals surface area (Å²) in [5.74, 6) is 0.816. The second kappa shape index (κ2) is 13.2. The first-order chi connectivity index (χ1) is 14.7. The molecule has 1 aromatic rings. The molecule has 1 aliphatic carbocycles. The Morgan fingerprint density at radius 1 is 1.16 bits per heavy atom. The van der Waals surface area contributed by atoms with Gasteiger partial charge in [0, 0.05) is 46.9 Å². The van der Waals surface area contributed by atoms with E-state index in [1.807, 2.05) is 39.8 Å². The number of ether oxygens (including phenoxy) is 2. The quantitative estimate of drug-likeness (QED) is 0.190. The van der Waals surface area contributed by atoms with E-state index >= 15 is 0 Å². The van der Waals surface area contributed by atoms with E-state index in [1.54, 1.807) is 19.0 Å². The lowest BCUT2D eigenvalue weighted by Gasteiger charge is -2.24. The van der Waals surface area contributed by atoms with Crippen LogP contribution in [0.3, 0.4) is 0 Å². The Bertz CT molecular complexity index is 728. The number of hydrogen-bond donors (Lipinski definition) is 2. The monoisotopic (exact) mass is 560 g/mol. The van der Waals surface area contributed by atoms with E-state index in [-0.39, 0.29) is 30.1 Å². The lowest BCUT2D eigenvalue weighted by atomic mass is 10.0. The summed E-state index contributed by atoms with van der Waals surface area (Å²) in [6.45, 7) is 11.4. The Kier molecular flexibility index (Phi) is 11.8. The molecule has 0 unspecified atom stereocenters. The molecule has 2 rings (SSSR count). The van der Waals surface area contributed by atoms with E-state index in [0.717, 1.165) is 43.3 Å². The van der Waals surface area contributed by atoms with Gasteiger partial charge in [0.25, 0.3) is 0 Å². The molecule has 1 aliphatic rings. The zero-order valence-corrected chi connectivity index (χ0v) is 22.8. The van der Waals surface area contributed by atoms with Crippen LogP contribution in [0.4, 0.5) is 4.79 Å². The van der Waals surface area contributed by atoms with E-state index in [9.17, 15) is 4.79 Å². The normalized spacial score (nSPS) is 14.9. The molecule has 0 aliphatic heterocycles. The van der Waals surface area contributed by atoms with Gasteiger partial charge < -0.3 is 25.0 Å². The Morgan fingerprint density at radius 2 is 1.78 bits per heavy atom. The van der Waals surface area contributed by atoms with Gasteiger partial charge in [0.15, 0.2) is 5.96 Å². The first-order valence-electron chi connectivity index (χ1n) is 11.2. The fraction of sp³-hybridized carbons (Fsp3) is 0.667. The van der Waals surface area contributed by atoms with Crippen molar-refractivity contribution in [1.29, 1.82) is 0 Å². The maximum atomic E-state index is 12.1. The summed E-state index contributed by atoms with van der Waals surface area (Å²) < 4.78 is 10.9. The molecular formula is C24H41IN4O3. The molecular weight excluding hydrogens is 519 g/mol. The third kappa shape index (κ3) is 10.4. The average molecular weight is 561 g/mol. The average Bonchev–Trinajstić information content (AvgIpc) is 3.48. The molecule has 1 fully saturated rings. The molecule has 0 aromatic heterocycles. The molecule has 1 amide bonds. The number of nitrogens with one attached hydrogen (secondary N) is 2. The van der Waals surface area contributed by atoms with E-state index in [1.165, 1.54) is 12.8 Å². The fourth-order valence-corrected chi connectivity index (χ4v) is 3.24. The summed E-state index contributed by atoms with van der Waals surface area (Å²) in [6, 6.07) is 8.23. The van der Waals surface area contributed by atoms with E-state index < -0.39 is 5.60 Å². The number of hydrogen-bond acceptors (Lipinski definition) is 4. The molecule has 8 heteroatoms. The van der Waals surface area contributed by atoms with Crippen LogP contribution in [0.25, 0.3) is 0 Å². The van der Waals surface area contributed by atoms with Crippen LogP contribution < -0.4 is 10.6 Å². The number of carbonyl (C=O) groups is 1. The summed E-state index contributed by atoms with van der Waals surface area (Å²) >= 11 is 0. The van der Waals surface area contributed by atoms with Crippen LogP contribution in [0.2, 0.25) is 0 Å². The predicted octanol–water partition coefficient (Wildman–Crippen LogP) is 4.54. The molecule has 32 heavy (non-hydrogen) atoms. The van der Waals surface area contributed by atoms with Crippen molar-refractivity contribution in [3.05, 3.63) is 35.4 Å². The van der Waals surface area contributed by atoms with Gasteiger partial charge in [0.2, 0.25) is 0 Å². The largest absolute Gasteiger partial charge is 0.444 e. The molecule has 0 radical (unpaired) electrons. The molecule has 0 atom stereocenters. The van der Waals surface area contributed by atoms with Gasteiger partial charge in [-0.2, -0.15) is 0 Å². The highest BCUT2D eigenvalue weighted by Gasteiger charge is 2.41. The molecule has 2 N–H and O–H groups in total. The topological polar surface area (TPSA) is 75.2 Å². The fourth-order valence-electron chi connectivity index (χ4n) is 3.24. The van der Waals surface area contributed by atoms with Crippen molar-refractivity contribution in [2.75, 3.05) is 33.9 Å². The Hall–Kier alpha value is -1.55. The van der Waals surface area contributed by atoms with Crippen LogP contribution in [0.15, 0.2) is 29.3 Å². The van der Waals surface area contributed by atoms with Crippen LogP contribution in [-0.4, -0.2) is 56.4 Å². The number of guanidine groups is 1. The van der Waals surface area contributed by atoms with Crippen molar-refractivity contribution < 1.29 is 14.3 Å². The zero-order valence-electron chi connectivity index (χ0n) is 20.5. The van der Waals surface area contributed by atoms with Gasteiger partial charge in [-0.15, -0.1) is 24.0 Å². The zero-order chi connectivity index (χ0) is 22.9. The van der Waals surface area contributed by atoms with Gasteiger partial charge in [-0.1, -0.05) is 24.3 Å². The highest BCUT2D eigenvalue weighted by Crippen LogP contribution is 2.48. The van der Waals surface area contributed by atoms with Crippen molar-refractivity contribution in [2.24, 2.45) is 10.4 Å². The molecule has 1 aromatic carbocycles. The van der Waals surface area contributed by atoms with Gasteiger partial charge in [0.1, 0.15) is 5.60 Å². The molecule has 0 saturated heterocycles. The van der Waals surface area contributed by atoms with Crippen molar-refractivity contribution in [3.8, 4) is 0 Å². The minimum atomic E-state index is -0.490. The van der Waals surface area contributed by atoms with Gasteiger partial charge in [0.05, 0.1) is 0 Å². The second-order valence-corrected chi connectivity index (χ2v) is 9.38. The van der Waals surface area contributed by atoms with Crippen LogP contribution in [0, 0.1) is 5.41 Å². The van der Waals surface area contributed by atoms with E-state index in [4.69, 9.17) is 9.47 Å². The smallest absolute Gasteiger partial charge is 0.410 e. The summed E-state index contributed by atoms with van der Waals surface area (Å²) in [4.78, 5) is 18.0. The van der Waals surface area contributed by atoms with Crippen LogP contribution >= 0.6 is 24.0 Å². The number of carbonyl (C=O) groups excluding carboxylic acids is 1. The van der Waals surface area contributed by atoms with Crippen molar-refractivity contribution in [1.82, 2.24) is 15.5 Å². The Balaban J connectivity index is 0.00000512. The molecule has 182 valence electrons. The maximum Gasteiger partial charge on any atom is 0.410 e. The summed E-state index contributed by atoms with van der Waals surface area (Å²) in [7, 11) is 3.55. The lowest BCUT2D eigenvalue weighted by molar-refractivity contribution is 0.0285. The van der Waals surface area contributed by atoms with Gasteiger partial charge in [-0.3, -0.25) is 4.99 Å². The van der Waals surface area contributed by atoms with Crippen LogP contribution in [0.1, 0.15) is 58.1 Å². The molecule has 0 heterocycles. The highest BCUT2D eigenvalue weighted by atomic mass is 127. The maximum absolute atomic E-state index is 12.1. The standard InChI is InChI=1S/C24H40N4O3.HI/c1-7-30-15-14-24(12-13-24)18-27-21(25-5)26-16-19-8-10-20(11-9-19)17-28(6)22(29)31-23(2,3)4;/h8-11H,7,12-18H2,1-6H3,(H2,25,26,27);1H. The van der Waals surface area contributed by atoms with Crippen molar-refractivity contribution in [3.63, 3.8) is 0 Å². The molecule has 0 spiro atoms. The second-order valence-electron chi connectivity index (χ2n) is 9.38. The van der Waals surface area contributed by atoms with Gasteiger partial charge in [-0.05, 0) is 63.5 Å². The van der Waals surface area contributed by atoms with E-state index in [2.05, 4.69) is 27.8 Å². The molecule has 0 bridgehead atoms. The Morgan fingerprint density at radius 3 is 2.31 bits per heavy atom. The minimum Gasteiger partial charge on any atom is -0.444 e. The Labute approximate surface area is 210 Å². The summed E-state index contributed by atoms with van der Waals surface area (Å²) in [5.41, 5.74) is 2.10. The van der Waals surface area contributed by atoms with Gasteiger partial charge >= 0.3 is 6.09 Å². The number of rotatable bonds is 10. The van der Waals surface area contributed by atoms with Crippen molar-refractivity contribution >= 4 is 36.0 Å². The third-order valence-corrected chi connectivity index (χ3v) is 5.40. The van der Waals surface area contributed by atoms with Gasteiger partial charge in [-0.25, -0.2) is 4.79 Å². The number of nitrogens with zero attached hydrogens (tertiary/aromatic N) is 2. The summed E-state index contributed by atoms with van der Waals surface area (Å²) in [6.07, 6.45) is 3.29. The molecule has 7 nitrogen and oxygen atoms in total. The number of benzene rings is 1. The summed E-state index contributed by atoms with van der Waals surface area (Å²) in [5, 5.41) is 6.84. The number of amides is 1. The van der Waals surface area contributed by atoms with Crippen molar-refractivity contribution in [2.45, 2.75) is 65.6 Å². The minimum absolute atomic E-state index is 0. The lowest BCUT2D eigenvalue weighted by Crippen LogP contribution is -2.40. The first-order valence-corrected chi connectivity index (χ1v) is 11.2. The van der Waals surface area contributed by atoms with Crippen LogP contribution in [0.5, 0.6) is 0 Å². The molecule has 1 saturated carbocycles. The highest BCUT2D eigenvalue weighted by molar-refractivity contribution is 14.0. The predicted molar refractivity (Wildman–Crippen MR) is 141 cm³/mol. The number of halogens is 1.